The summed E-state index contributed by atoms with van der Waals surface area (Å²) in [6.45, 7) is 16.5. The van der Waals surface area contributed by atoms with Gasteiger partial charge in [0.15, 0.2) is 0 Å². The molecule has 0 unspecified atom stereocenters. The Morgan fingerprint density at radius 3 is 1.05 bits per heavy atom. The molecular formula is C20H28N2. The molecule has 0 aliphatic carbocycles. The molecule has 2 heteroatoms. The Bertz CT molecular complexity index is 576. The Hall–Kier alpha value is -1.80. The molecule has 2 nitrogen and oxygen atoms in total. The van der Waals surface area contributed by atoms with Crippen LogP contribution >= 0.6 is 0 Å². The molecule has 0 amide bonds. The second kappa shape index (κ2) is 6.13. The summed E-state index contributed by atoms with van der Waals surface area (Å²) in [5.41, 5.74) is 6.96. The summed E-state index contributed by atoms with van der Waals surface area (Å²) < 4.78 is 0. The van der Waals surface area contributed by atoms with Crippen molar-refractivity contribution in [2.45, 2.75) is 68.2 Å². The molecular weight excluding hydrogens is 268 g/mol. The van der Waals surface area contributed by atoms with Crippen LogP contribution in [0.3, 0.4) is 0 Å². The Morgan fingerprint density at radius 1 is 0.636 bits per heavy atom. The van der Waals surface area contributed by atoms with Crippen LogP contribution in [0.4, 0.5) is 0 Å². The van der Waals surface area contributed by atoms with Gasteiger partial charge in [-0.15, -0.1) is 0 Å². The third-order valence-electron chi connectivity index (χ3n) is 4.78. The van der Waals surface area contributed by atoms with Crippen LogP contribution in [0, 0.1) is 61.2 Å². The third-order valence-corrected chi connectivity index (χ3v) is 4.78. The van der Waals surface area contributed by atoms with E-state index in [0.717, 1.165) is 12.8 Å². The van der Waals surface area contributed by atoms with Gasteiger partial charge >= 0.3 is 0 Å². The van der Waals surface area contributed by atoms with Crippen molar-refractivity contribution in [2.24, 2.45) is 10.8 Å². The molecule has 0 saturated heterocycles. The third kappa shape index (κ3) is 3.69. The largest absolute Gasteiger partial charge is 0.198 e. The van der Waals surface area contributed by atoms with Crippen LogP contribution in [-0.2, 0) is 12.8 Å². The summed E-state index contributed by atoms with van der Waals surface area (Å²) in [6, 6.07) is 4.80. The van der Waals surface area contributed by atoms with Crippen molar-refractivity contribution < 1.29 is 0 Å². The summed E-state index contributed by atoms with van der Waals surface area (Å²) in [5, 5.41) is 18.7. The highest BCUT2D eigenvalue weighted by molar-refractivity contribution is 5.51. The smallest absolute Gasteiger partial charge is 0.0687 e. The van der Waals surface area contributed by atoms with E-state index in [1.807, 2.05) is 27.7 Å². The van der Waals surface area contributed by atoms with Gasteiger partial charge in [0.05, 0.1) is 23.0 Å². The maximum absolute atomic E-state index is 9.33. The first-order valence-corrected chi connectivity index (χ1v) is 7.86. The van der Waals surface area contributed by atoms with Gasteiger partial charge in [0.1, 0.15) is 0 Å². The fraction of sp³-hybridized carbons (Fsp3) is 0.600. The fourth-order valence-corrected chi connectivity index (χ4v) is 2.96. The Balaban J connectivity index is 3.47. The molecule has 1 rings (SSSR count). The first-order valence-electron chi connectivity index (χ1n) is 7.86. The lowest BCUT2D eigenvalue weighted by Gasteiger charge is -2.26. The lowest BCUT2D eigenvalue weighted by molar-refractivity contribution is 0.484. The van der Waals surface area contributed by atoms with E-state index in [0.29, 0.717) is 0 Å². The highest BCUT2D eigenvalue weighted by atomic mass is 14.4. The van der Waals surface area contributed by atoms with Crippen molar-refractivity contribution in [3.8, 4) is 12.1 Å². The molecule has 0 heterocycles. The summed E-state index contributed by atoms with van der Waals surface area (Å²) in [6.07, 6.45) is 1.54. The highest BCUT2D eigenvalue weighted by Gasteiger charge is 2.25. The molecule has 1 aromatic carbocycles. The second-order valence-electron chi connectivity index (χ2n) is 7.80. The molecule has 1 aromatic rings. The monoisotopic (exact) mass is 296 g/mol. The standard InChI is InChI=1S/C20H28N2/c1-13-14(2)18(10-20(7,8)12-22)16(4)15(3)17(13)9-19(5,6)11-21/h9-10H2,1-8H3. The zero-order valence-electron chi connectivity index (χ0n) is 15.3. The molecule has 0 atom stereocenters. The second-order valence-corrected chi connectivity index (χ2v) is 7.80. The van der Waals surface area contributed by atoms with Gasteiger partial charge in [-0.25, -0.2) is 0 Å². The Labute approximate surface area is 135 Å². The minimum atomic E-state index is -0.359. The molecule has 0 N–H and O–H groups in total. The van der Waals surface area contributed by atoms with E-state index in [9.17, 15) is 10.5 Å². The summed E-state index contributed by atoms with van der Waals surface area (Å²) in [5.74, 6) is 0. The fourth-order valence-electron chi connectivity index (χ4n) is 2.96. The van der Waals surface area contributed by atoms with Crippen LogP contribution in [0.15, 0.2) is 0 Å². The molecule has 0 bridgehead atoms. The van der Waals surface area contributed by atoms with Gasteiger partial charge in [0, 0.05) is 0 Å². The van der Waals surface area contributed by atoms with E-state index in [2.05, 4.69) is 39.8 Å². The normalized spacial score (nSPS) is 11.9. The number of hydrogen-bond donors (Lipinski definition) is 0. The minimum Gasteiger partial charge on any atom is -0.198 e. The van der Waals surface area contributed by atoms with E-state index < -0.39 is 0 Å². The number of nitriles is 2. The van der Waals surface area contributed by atoms with Crippen LogP contribution in [0.5, 0.6) is 0 Å². The van der Waals surface area contributed by atoms with Gasteiger partial charge in [-0.2, -0.15) is 10.5 Å². The number of rotatable bonds is 4. The highest BCUT2D eigenvalue weighted by Crippen LogP contribution is 2.34. The van der Waals surface area contributed by atoms with Crippen LogP contribution in [0.2, 0.25) is 0 Å². The maximum Gasteiger partial charge on any atom is 0.0687 e. The van der Waals surface area contributed by atoms with Gasteiger partial charge in [-0.1, -0.05) is 0 Å². The lowest BCUT2D eigenvalue weighted by Crippen LogP contribution is -2.18. The molecule has 118 valence electrons. The number of benzene rings is 1. The van der Waals surface area contributed by atoms with Crippen molar-refractivity contribution in [3.05, 3.63) is 33.4 Å². The van der Waals surface area contributed by atoms with Crippen LogP contribution < -0.4 is 0 Å². The van der Waals surface area contributed by atoms with E-state index in [-0.39, 0.29) is 10.8 Å². The topological polar surface area (TPSA) is 47.6 Å². The molecule has 0 radical (unpaired) electrons. The summed E-state index contributed by atoms with van der Waals surface area (Å²) in [7, 11) is 0. The van der Waals surface area contributed by atoms with Crippen molar-refractivity contribution in [2.75, 3.05) is 0 Å². The minimum absolute atomic E-state index is 0.359. The molecule has 22 heavy (non-hydrogen) atoms. The van der Waals surface area contributed by atoms with E-state index in [1.165, 1.54) is 33.4 Å². The molecule has 0 aliphatic heterocycles. The number of hydrogen-bond acceptors (Lipinski definition) is 2. The summed E-state index contributed by atoms with van der Waals surface area (Å²) >= 11 is 0. The zero-order valence-corrected chi connectivity index (χ0v) is 15.3. The van der Waals surface area contributed by atoms with Gasteiger partial charge in [0.25, 0.3) is 0 Å². The van der Waals surface area contributed by atoms with Crippen LogP contribution in [-0.4, -0.2) is 0 Å². The predicted molar refractivity (Wildman–Crippen MR) is 91.6 cm³/mol. The maximum atomic E-state index is 9.33. The molecule has 0 aliphatic rings. The van der Waals surface area contributed by atoms with Crippen LogP contribution in [0.25, 0.3) is 0 Å². The first-order chi connectivity index (χ1) is 9.95. The van der Waals surface area contributed by atoms with Gasteiger partial charge in [-0.3, -0.25) is 0 Å². The zero-order chi connectivity index (χ0) is 17.3. The van der Waals surface area contributed by atoms with Crippen molar-refractivity contribution >= 4 is 0 Å². The average molecular weight is 296 g/mol. The molecule has 0 spiro atoms. The van der Waals surface area contributed by atoms with E-state index >= 15 is 0 Å². The van der Waals surface area contributed by atoms with E-state index in [4.69, 9.17) is 0 Å². The van der Waals surface area contributed by atoms with Crippen molar-refractivity contribution in [1.29, 1.82) is 10.5 Å². The number of nitrogens with zero attached hydrogens (tertiary/aromatic N) is 2. The van der Waals surface area contributed by atoms with Gasteiger partial charge in [0.2, 0.25) is 0 Å². The molecule has 0 fully saturated rings. The van der Waals surface area contributed by atoms with Gasteiger partial charge < -0.3 is 0 Å². The quantitative estimate of drug-likeness (QED) is 0.775. The van der Waals surface area contributed by atoms with E-state index in [1.54, 1.807) is 0 Å². The lowest BCUT2D eigenvalue weighted by atomic mass is 9.77. The van der Waals surface area contributed by atoms with Crippen molar-refractivity contribution in [1.82, 2.24) is 0 Å². The SMILES string of the molecule is Cc1c(C)c(CC(C)(C)C#N)c(C)c(C)c1CC(C)(C)C#N. The van der Waals surface area contributed by atoms with Gasteiger partial charge in [-0.05, 0) is 102 Å². The average Bonchev–Trinajstić information content (AvgIpc) is 2.46. The Morgan fingerprint density at radius 2 is 0.864 bits per heavy atom. The summed E-state index contributed by atoms with van der Waals surface area (Å²) in [4.78, 5) is 0. The predicted octanol–water partition coefficient (Wildman–Crippen LogP) is 5.10. The molecule has 0 saturated carbocycles. The van der Waals surface area contributed by atoms with Crippen molar-refractivity contribution in [3.63, 3.8) is 0 Å². The molecule has 0 aromatic heterocycles. The Kier molecular flexibility index (Phi) is 5.09. The first kappa shape index (κ1) is 18.2. The van der Waals surface area contributed by atoms with Crippen LogP contribution in [0.1, 0.15) is 61.1 Å².